The smallest absolute Gasteiger partial charge is 0.227 e. The van der Waals surface area contributed by atoms with E-state index in [2.05, 4.69) is 9.97 Å². The van der Waals surface area contributed by atoms with Gasteiger partial charge in [-0.2, -0.15) is 0 Å². The first-order chi connectivity index (χ1) is 10.7. The van der Waals surface area contributed by atoms with E-state index in [1.807, 2.05) is 18.2 Å². The number of fused-ring (bicyclic) bond motifs is 1. The number of carbonyl (C=O) groups excluding carboxylic acids is 1. The van der Waals surface area contributed by atoms with E-state index in [9.17, 15) is 9.18 Å². The fourth-order valence-electron chi connectivity index (χ4n) is 3.08. The average molecular weight is 295 g/mol. The Morgan fingerprint density at radius 2 is 2.00 bits per heavy atom. The molecule has 1 atom stereocenters. The van der Waals surface area contributed by atoms with Gasteiger partial charge in [0.15, 0.2) is 0 Å². The van der Waals surface area contributed by atoms with E-state index in [0.29, 0.717) is 6.42 Å². The molecule has 0 aliphatic carbocycles. The number of amides is 1. The van der Waals surface area contributed by atoms with Gasteiger partial charge in [-0.3, -0.25) is 4.79 Å². The van der Waals surface area contributed by atoms with Crippen molar-refractivity contribution in [2.75, 3.05) is 4.90 Å². The molecule has 1 amide bonds. The molecule has 0 saturated carbocycles. The maximum Gasteiger partial charge on any atom is 0.227 e. The van der Waals surface area contributed by atoms with Crippen molar-refractivity contribution < 1.29 is 9.18 Å². The van der Waals surface area contributed by atoms with Crippen molar-refractivity contribution in [3.8, 4) is 0 Å². The van der Waals surface area contributed by atoms with Gasteiger partial charge in [0.05, 0.1) is 23.4 Å². The van der Waals surface area contributed by atoms with E-state index in [-0.39, 0.29) is 17.8 Å². The molecule has 1 fully saturated rings. The first-order valence-corrected chi connectivity index (χ1v) is 7.23. The van der Waals surface area contributed by atoms with E-state index in [0.717, 1.165) is 28.7 Å². The zero-order valence-electron chi connectivity index (χ0n) is 11.8. The topological polar surface area (TPSA) is 49.0 Å². The number of imidazole rings is 1. The van der Waals surface area contributed by atoms with Crippen molar-refractivity contribution in [2.24, 2.45) is 0 Å². The molecule has 1 saturated heterocycles. The van der Waals surface area contributed by atoms with Crippen LogP contribution in [0.25, 0.3) is 11.0 Å². The van der Waals surface area contributed by atoms with Gasteiger partial charge in [-0.1, -0.05) is 12.1 Å². The molecule has 0 spiro atoms. The van der Waals surface area contributed by atoms with E-state index in [1.165, 1.54) is 12.1 Å². The molecule has 1 aliphatic rings. The number of nitrogens with one attached hydrogen (secondary N) is 1. The first-order valence-electron chi connectivity index (χ1n) is 7.23. The summed E-state index contributed by atoms with van der Waals surface area (Å²) < 4.78 is 13.1. The second kappa shape index (κ2) is 4.94. The number of hydrogen-bond donors (Lipinski definition) is 1. The second-order valence-corrected chi connectivity index (χ2v) is 5.47. The standard InChI is InChI=1S/C17H14FN3O/c18-12-3-1-11(2-4-12)16-7-8-17(22)21(16)13-5-6-14-15(9-13)20-10-19-14/h1-6,9-10,16H,7-8H2,(H,19,20). The number of anilines is 1. The summed E-state index contributed by atoms with van der Waals surface area (Å²) in [7, 11) is 0. The summed E-state index contributed by atoms with van der Waals surface area (Å²) in [6.45, 7) is 0. The number of aromatic nitrogens is 2. The van der Waals surface area contributed by atoms with Crippen LogP contribution in [0.1, 0.15) is 24.4 Å². The quantitative estimate of drug-likeness (QED) is 0.785. The Balaban J connectivity index is 1.76. The number of halogens is 1. The molecule has 1 aliphatic heterocycles. The SMILES string of the molecule is O=C1CCC(c2ccc(F)cc2)N1c1ccc2nc[nH]c2c1. The highest BCUT2D eigenvalue weighted by molar-refractivity contribution is 5.98. The lowest BCUT2D eigenvalue weighted by atomic mass is 10.0. The van der Waals surface area contributed by atoms with Crippen molar-refractivity contribution in [1.82, 2.24) is 9.97 Å². The molecule has 2 heterocycles. The third-order valence-corrected chi connectivity index (χ3v) is 4.15. The third kappa shape index (κ3) is 2.06. The number of rotatable bonds is 2. The molecule has 4 nitrogen and oxygen atoms in total. The van der Waals surface area contributed by atoms with Gasteiger partial charge in [0.25, 0.3) is 0 Å². The molecule has 0 bridgehead atoms. The molecular weight excluding hydrogens is 281 g/mol. The van der Waals surface area contributed by atoms with E-state index >= 15 is 0 Å². The fourth-order valence-corrected chi connectivity index (χ4v) is 3.08. The Hall–Kier alpha value is -2.69. The first kappa shape index (κ1) is 13.0. The van der Waals surface area contributed by atoms with Crippen molar-refractivity contribution >= 4 is 22.6 Å². The van der Waals surface area contributed by atoms with Gasteiger partial charge in [0, 0.05) is 12.1 Å². The van der Waals surface area contributed by atoms with E-state index in [1.54, 1.807) is 23.4 Å². The number of nitrogens with zero attached hydrogens (tertiary/aromatic N) is 2. The normalized spacial score (nSPS) is 18.3. The highest BCUT2D eigenvalue weighted by atomic mass is 19.1. The van der Waals surface area contributed by atoms with E-state index < -0.39 is 0 Å². The van der Waals surface area contributed by atoms with Crippen LogP contribution in [0.5, 0.6) is 0 Å². The molecule has 1 unspecified atom stereocenters. The van der Waals surface area contributed by atoms with Crippen LogP contribution < -0.4 is 4.90 Å². The highest BCUT2D eigenvalue weighted by Crippen LogP contribution is 2.37. The van der Waals surface area contributed by atoms with E-state index in [4.69, 9.17) is 0 Å². The molecule has 1 aromatic heterocycles. The summed E-state index contributed by atoms with van der Waals surface area (Å²) in [6, 6.07) is 12.1. The summed E-state index contributed by atoms with van der Waals surface area (Å²) in [5.41, 5.74) is 3.56. The van der Waals surface area contributed by atoms with Crippen LogP contribution in [-0.2, 0) is 4.79 Å². The Kier molecular flexibility index (Phi) is 2.92. The van der Waals surface area contributed by atoms with Crippen LogP contribution in [0.3, 0.4) is 0 Å². The van der Waals surface area contributed by atoms with Gasteiger partial charge in [0.2, 0.25) is 5.91 Å². The van der Waals surface area contributed by atoms with Crippen LogP contribution in [0.2, 0.25) is 0 Å². The van der Waals surface area contributed by atoms with Gasteiger partial charge in [-0.15, -0.1) is 0 Å². The lowest BCUT2D eigenvalue weighted by Crippen LogP contribution is -2.27. The number of aromatic amines is 1. The number of H-pyrrole nitrogens is 1. The van der Waals surface area contributed by atoms with Crippen molar-refractivity contribution in [3.05, 3.63) is 60.2 Å². The molecule has 3 aromatic rings. The van der Waals surface area contributed by atoms with Crippen LogP contribution in [-0.4, -0.2) is 15.9 Å². The maximum atomic E-state index is 13.1. The summed E-state index contributed by atoms with van der Waals surface area (Å²) in [4.78, 5) is 21.4. The minimum absolute atomic E-state index is 0.0477. The van der Waals surface area contributed by atoms with Gasteiger partial charge in [-0.25, -0.2) is 9.37 Å². The number of hydrogen-bond acceptors (Lipinski definition) is 2. The second-order valence-electron chi connectivity index (χ2n) is 5.47. The minimum Gasteiger partial charge on any atom is -0.345 e. The monoisotopic (exact) mass is 295 g/mol. The van der Waals surface area contributed by atoms with Gasteiger partial charge in [0.1, 0.15) is 5.82 Å². The molecule has 2 aromatic carbocycles. The molecule has 1 N–H and O–H groups in total. The zero-order valence-corrected chi connectivity index (χ0v) is 11.8. The highest BCUT2D eigenvalue weighted by Gasteiger charge is 2.33. The van der Waals surface area contributed by atoms with Crippen LogP contribution in [0.15, 0.2) is 48.8 Å². The molecule has 4 rings (SSSR count). The van der Waals surface area contributed by atoms with Gasteiger partial charge >= 0.3 is 0 Å². The Labute approximate surface area is 126 Å². The van der Waals surface area contributed by atoms with Crippen molar-refractivity contribution in [2.45, 2.75) is 18.9 Å². The average Bonchev–Trinajstić information content (AvgIpc) is 3.13. The molecule has 5 heteroatoms. The Morgan fingerprint density at radius 1 is 1.18 bits per heavy atom. The van der Waals surface area contributed by atoms with Crippen molar-refractivity contribution in [3.63, 3.8) is 0 Å². The Morgan fingerprint density at radius 3 is 2.82 bits per heavy atom. The molecule has 0 radical (unpaired) electrons. The molecule has 110 valence electrons. The third-order valence-electron chi connectivity index (χ3n) is 4.15. The van der Waals surface area contributed by atoms with Gasteiger partial charge < -0.3 is 9.88 Å². The number of benzene rings is 2. The summed E-state index contributed by atoms with van der Waals surface area (Å²) in [5.74, 6) is -0.174. The number of carbonyl (C=O) groups is 1. The lowest BCUT2D eigenvalue weighted by molar-refractivity contribution is -0.117. The summed E-state index contributed by atoms with van der Waals surface area (Å²) in [6.07, 6.45) is 2.88. The maximum absolute atomic E-state index is 13.1. The van der Waals surface area contributed by atoms with Crippen LogP contribution >= 0.6 is 0 Å². The fraction of sp³-hybridized carbons (Fsp3) is 0.176. The van der Waals surface area contributed by atoms with Gasteiger partial charge in [-0.05, 0) is 42.3 Å². The Bertz CT molecular complexity index is 840. The molecular formula is C17H14FN3O. The van der Waals surface area contributed by atoms with Crippen molar-refractivity contribution in [1.29, 1.82) is 0 Å². The predicted octanol–water partition coefficient (Wildman–Crippen LogP) is 3.57. The minimum atomic E-state index is -0.265. The van der Waals surface area contributed by atoms with Crippen LogP contribution in [0, 0.1) is 5.82 Å². The largest absolute Gasteiger partial charge is 0.345 e. The predicted molar refractivity (Wildman–Crippen MR) is 82.0 cm³/mol. The van der Waals surface area contributed by atoms with Crippen LogP contribution in [0.4, 0.5) is 10.1 Å². The summed E-state index contributed by atoms with van der Waals surface area (Å²) >= 11 is 0. The lowest BCUT2D eigenvalue weighted by Gasteiger charge is -2.25. The zero-order chi connectivity index (χ0) is 15.1. The summed E-state index contributed by atoms with van der Waals surface area (Å²) in [5, 5.41) is 0. The molecule has 22 heavy (non-hydrogen) atoms.